The molecule has 0 bridgehead atoms. The van der Waals surface area contributed by atoms with Crippen LogP contribution in [0.3, 0.4) is 0 Å². The molecule has 4 heteroatoms. The van der Waals surface area contributed by atoms with E-state index in [1.54, 1.807) is 12.1 Å². The van der Waals surface area contributed by atoms with Crippen LogP contribution >= 0.6 is 0 Å². The van der Waals surface area contributed by atoms with E-state index in [9.17, 15) is 4.39 Å². The van der Waals surface area contributed by atoms with Gasteiger partial charge in [0.15, 0.2) is 11.6 Å². The summed E-state index contributed by atoms with van der Waals surface area (Å²) in [5, 5.41) is 0. The van der Waals surface area contributed by atoms with Gasteiger partial charge in [-0.15, -0.1) is 0 Å². The lowest BCUT2D eigenvalue weighted by atomic mass is 9.87. The third-order valence-corrected chi connectivity index (χ3v) is 4.10. The summed E-state index contributed by atoms with van der Waals surface area (Å²) in [4.78, 5) is 2.22. The molecular formula is C14H21FN2O. The second-order valence-electron chi connectivity index (χ2n) is 5.06. The van der Waals surface area contributed by atoms with Crippen molar-refractivity contribution in [3.8, 4) is 5.75 Å². The van der Waals surface area contributed by atoms with Crippen LogP contribution in [0.15, 0.2) is 18.2 Å². The Balaban J connectivity index is 2.23. The van der Waals surface area contributed by atoms with Gasteiger partial charge in [0, 0.05) is 30.4 Å². The first-order valence-corrected chi connectivity index (χ1v) is 6.40. The predicted molar refractivity (Wildman–Crippen MR) is 71.5 cm³/mol. The molecule has 1 fully saturated rings. The normalized spacial score (nSPS) is 28.3. The summed E-state index contributed by atoms with van der Waals surface area (Å²) < 4.78 is 18.7. The zero-order valence-corrected chi connectivity index (χ0v) is 11.2. The minimum absolute atomic E-state index is 0.236. The zero-order valence-electron chi connectivity index (χ0n) is 11.2. The number of ether oxygens (including phenoxy) is 1. The monoisotopic (exact) mass is 252 g/mol. The molecule has 1 aromatic rings. The van der Waals surface area contributed by atoms with E-state index in [4.69, 9.17) is 10.5 Å². The smallest absolute Gasteiger partial charge is 0.167 e. The standard InChI is InChI=1S/C14H21FN2O/c1-9-10(2)17(7-6-13(9)16)11-4-5-14(18-3)12(15)8-11/h4-5,8-10,13H,6-7,16H2,1-3H3. The largest absolute Gasteiger partial charge is 0.494 e. The van der Waals surface area contributed by atoms with Gasteiger partial charge in [0.25, 0.3) is 0 Å². The van der Waals surface area contributed by atoms with E-state index >= 15 is 0 Å². The van der Waals surface area contributed by atoms with E-state index < -0.39 is 0 Å². The van der Waals surface area contributed by atoms with Crippen LogP contribution in [0.5, 0.6) is 5.75 Å². The molecule has 1 heterocycles. The molecule has 0 aromatic heterocycles. The highest BCUT2D eigenvalue weighted by Gasteiger charge is 2.30. The third kappa shape index (κ3) is 2.29. The Hall–Kier alpha value is -1.29. The molecule has 0 saturated carbocycles. The fourth-order valence-corrected chi connectivity index (χ4v) is 2.59. The summed E-state index contributed by atoms with van der Waals surface area (Å²) in [7, 11) is 1.47. The highest BCUT2D eigenvalue weighted by atomic mass is 19.1. The van der Waals surface area contributed by atoms with E-state index in [-0.39, 0.29) is 17.6 Å². The van der Waals surface area contributed by atoms with Gasteiger partial charge in [-0.1, -0.05) is 6.92 Å². The summed E-state index contributed by atoms with van der Waals surface area (Å²) in [6, 6.07) is 5.68. The van der Waals surface area contributed by atoms with Crippen LogP contribution in [0.2, 0.25) is 0 Å². The highest BCUT2D eigenvalue weighted by Crippen LogP contribution is 2.30. The van der Waals surface area contributed by atoms with Gasteiger partial charge in [-0.25, -0.2) is 4.39 Å². The van der Waals surface area contributed by atoms with Gasteiger partial charge < -0.3 is 15.4 Å². The Labute approximate surface area is 108 Å². The van der Waals surface area contributed by atoms with E-state index in [1.165, 1.54) is 7.11 Å². The molecule has 1 aliphatic heterocycles. The topological polar surface area (TPSA) is 38.5 Å². The minimum atomic E-state index is -0.315. The Morgan fingerprint density at radius 3 is 2.72 bits per heavy atom. The van der Waals surface area contributed by atoms with Crippen molar-refractivity contribution in [1.29, 1.82) is 0 Å². The molecule has 1 saturated heterocycles. The molecule has 3 atom stereocenters. The number of halogens is 1. The van der Waals surface area contributed by atoms with E-state index in [2.05, 4.69) is 18.7 Å². The lowest BCUT2D eigenvalue weighted by Crippen LogP contribution is -2.51. The molecule has 2 N–H and O–H groups in total. The first-order valence-electron chi connectivity index (χ1n) is 6.40. The van der Waals surface area contributed by atoms with Crippen molar-refractivity contribution in [3.05, 3.63) is 24.0 Å². The molecule has 2 rings (SSSR count). The lowest BCUT2D eigenvalue weighted by Gasteiger charge is -2.42. The zero-order chi connectivity index (χ0) is 13.3. The van der Waals surface area contributed by atoms with Crippen molar-refractivity contribution >= 4 is 5.69 Å². The first kappa shape index (κ1) is 13.1. The lowest BCUT2D eigenvalue weighted by molar-refractivity contribution is 0.315. The molecule has 100 valence electrons. The van der Waals surface area contributed by atoms with Crippen LogP contribution in [-0.2, 0) is 0 Å². The van der Waals surface area contributed by atoms with Gasteiger partial charge in [0.1, 0.15) is 0 Å². The molecule has 0 amide bonds. The van der Waals surface area contributed by atoms with Crippen LogP contribution in [0.25, 0.3) is 0 Å². The van der Waals surface area contributed by atoms with Crippen molar-refractivity contribution in [3.63, 3.8) is 0 Å². The van der Waals surface area contributed by atoms with Crippen molar-refractivity contribution in [2.75, 3.05) is 18.6 Å². The summed E-state index contributed by atoms with van der Waals surface area (Å²) in [5.41, 5.74) is 6.97. The maximum absolute atomic E-state index is 13.7. The maximum Gasteiger partial charge on any atom is 0.167 e. The molecule has 3 nitrogen and oxygen atoms in total. The fourth-order valence-electron chi connectivity index (χ4n) is 2.59. The number of hydrogen-bond donors (Lipinski definition) is 1. The van der Waals surface area contributed by atoms with Gasteiger partial charge >= 0.3 is 0 Å². The molecule has 3 unspecified atom stereocenters. The number of hydrogen-bond acceptors (Lipinski definition) is 3. The molecule has 1 aliphatic rings. The van der Waals surface area contributed by atoms with Crippen LogP contribution in [-0.4, -0.2) is 25.7 Å². The number of nitrogens with two attached hydrogens (primary N) is 1. The van der Waals surface area contributed by atoms with Gasteiger partial charge in [0.2, 0.25) is 0 Å². The quantitative estimate of drug-likeness (QED) is 0.878. The highest BCUT2D eigenvalue weighted by molar-refractivity contribution is 5.51. The van der Waals surface area contributed by atoms with Crippen LogP contribution < -0.4 is 15.4 Å². The SMILES string of the molecule is COc1ccc(N2CCC(N)C(C)C2C)cc1F. The third-order valence-electron chi connectivity index (χ3n) is 4.10. The van der Waals surface area contributed by atoms with E-state index in [0.29, 0.717) is 12.0 Å². The summed E-state index contributed by atoms with van der Waals surface area (Å²) in [6.45, 7) is 5.17. The Bertz CT molecular complexity index is 424. The Morgan fingerprint density at radius 1 is 1.39 bits per heavy atom. The molecule has 0 aliphatic carbocycles. The van der Waals surface area contributed by atoms with Crippen molar-refractivity contribution in [2.24, 2.45) is 11.7 Å². The van der Waals surface area contributed by atoms with Crippen molar-refractivity contribution in [1.82, 2.24) is 0 Å². The number of rotatable bonds is 2. The summed E-state index contributed by atoms with van der Waals surface area (Å²) in [5.74, 6) is 0.377. The van der Waals surface area contributed by atoms with Crippen molar-refractivity contribution in [2.45, 2.75) is 32.4 Å². The number of piperidine rings is 1. The molecule has 18 heavy (non-hydrogen) atoms. The maximum atomic E-state index is 13.7. The first-order chi connectivity index (χ1) is 8.54. The second kappa shape index (κ2) is 5.14. The number of methoxy groups -OCH3 is 1. The predicted octanol–water partition coefficient (Wildman–Crippen LogP) is 2.40. The van der Waals surface area contributed by atoms with Crippen LogP contribution in [0, 0.1) is 11.7 Å². The summed E-state index contributed by atoms with van der Waals surface area (Å²) in [6.07, 6.45) is 0.944. The number of nitrogens with zero attached hydrogens (tertiary/aromatic N) is 1. The average molecular weight is 252 g/mol. The van der Waals surface area contributed by atoms with Crippen LogP contribution in [0.1, 0.15) is 20.3 Å². The molecule has 0 radical (unpaired) electrons. The summed E-state index contributed by atoms with van der Waals surface area (Å²) >= 11 is 0. The Morgan fingerprint density at radius 2 is 2.11 bits per heavy atom. The number of benzene rings is 1. The van der Waals surface area contributed by atoms with Gasteiger partial charge in [-0.05, 0) is 31.4 Å². The number of anilines is 1. The molecule has 0 spiro atoms. The minimum Gasteiger partial charge on any atom is -0.494 e. The van der Waals surface area contributed by atoms with E-state index in [1.807, 2.05) is 6.07 Å². The van der Waals surface area contributed by atoms with Crippen LogP contribution in [0.4, 0.5) is 10.1 Å². The molecule has 1 aromatic carbocycles. The van der Waals surface area contributed by atoms with Gasteiger partial charge in [-0.3, -0.25) is 0 Å². The fraction of sp³-hybridized carbons (Fsp3) is 0.571. The molecular weight excluding hydrogens is 231 g/mol. The Kier molecular flexibility index (Phi) is 3.76. The van der Waals surface area contributed by atoms with Gasteiger partial charge in [0.05, 0.1) is 7.11 Å². The second-order valence-corrected chi connectivity index (χ2v) is 5.06. The average Bonchev–Trinajstić information content (AvgIpc) is 2.36. The van der Waals surface area contributed by atoms with Gasteiger partial charge in [-0.2, -0.15) is 0 Å². The van der Waals surface area contributed by atoms with Crippen molar-refractivity contribution < 1.29 is 9.13 Å². The van der Waals surface area contributed by atoms with E-state index in [0.717, 1.165) is 18.7 Å².